The summed E-state index contributed by atoms with van der Waals surface area (Å²) >= 11 is 0. The average Bonchev–Trinajstić information content (AvgIpc) is 2.91. The number of nitrogens with one attached hydrogen (secondary N) is 1. The van der Waals surface area contributed by atoms with Crippen molar-refractivity contribution in [2.24, 2.45) is 16.7 Å². The quantitative estimate of drug-likeness (QED) is 0.819. The van der Waals surface area contributed by atoms with E-state index in [0.29, 0.717) is 16.8 Å². The first kappa shape index (κ1) is 15.3. The smallest absolute Gasteiger partial charge is 0.230 e. The predicted molar refractivity (Wildman–Crippen MR) is 95.1 cm³/mol. The molecule has 4 rings (SSSR count). The molecule has 3 aliphatic carbocycles. The molecule has 1 aromatic heterocycles. The highest BCUT2D eigenvalue weighted by Crippen LogP contribution is 2.67. The van der Waals surface area contributed by atoms with Gasteiger partial charge in [0.05, 0.1) is 0 Å². The van der Waals surface area contributed by atoms with Gasteiger partial charge in [-0.15, -0.1) is 5.73 Å². The summed E-state index contributed by atoms with van der Waals surface area (Å²) in [6.45, 7) is 7.33. The van der Waals surface area contributed by atoms with Gasteiger partial charge in [0.15, 0.2) is 0 Å². The van der Waals surface area contributed by atoms with Crippen molar-refractivity contribution >= 4 is 5.95 Å². The number of aromatic nitrogens is 3. The lowest BCUT2D eigenvalue weighted by atomic mass is 9.69. The Balaban J connectivity index is 1.54. The number of rotatable bonds is 2. The SMILES string of the molecule is CC12CCC(CC1=C=C1C=CC(Nc3ncncn3)=CC1)C2(C)C. The molecule has 2 fully saturated rings. The van der Waals surface area contributed by atoms with Gasteiger partial charge in [-0.3, -0.25) is 0 Å². The molecule has 0 radical (unpaired) electrons. The van der Waals surface area contributed by atoms with Gasteiger partial charge >= 0.3 is 0 Å². The van der Waals surface area contributed by atoms with E-state index >= 15 is 0 Å². The fourth-order valence-electron chi connectivity index (χ4n) is 4.51. The monoisotopic (exact) mass is 320 g/mol. The first-order chi connectivity index (χ1) is 11.5. The maximum Gasteiger partial charge on any atom is 0.230 e. The third-order valence-electron chi connectivity index (χ3n) is 6.62. The summed E-state index contributed by atoms with van der Waals surface area (Å²) in [6.07, 6.45) is 14.2. The molecule has 2 bridgehead atoms. The third kappa shape index (κ3) is 2.33. The highest BCUT2D eigenvalue weighted by molar-refractivity contribution is 5.45. The molecule has 0 saturated heterocycles. The van der Waals surface area contributed by atoms with E-state index in [1.54, 1.807) is 0 Å². The minimum absolute atomic E-state index is 0.325. The van der Waals surface area contributed by atoms with Crippen LogP contribution in [0.25, 0.3) is 0 Å². The zero-order chi connectivity index (χ0) is 16.8. The Morgan fingerprint density at radius 2 is 1.96 bits per heavy atom. The van der Waals surface area contributed by atoms with Gasteiger partial charge in [-0.05, 0) is 60.3 Å². The molecule has 0 aromatic carbocycles. The normalized spacial score (nSPS) is 30.3. The van der Waals surface area contributed by atoms with Crippen molar-refractivity contribution in [2.75, 3.05) is 5.32 Å². The van der Waals surface area contributed by atoms with Crippen molar-refractivity contribution in [3.63, 3.8) is 0 Å². The van der Waals surface area contributed by atoms with E-state index in [0.717, 1.165) is 18.0 Å². The lowest BCUT2D eigenvalue weighted by molar-refractivity contribution is 0.179. The molecule has 4 heteroatoms. The van der Waals surface area contributed by atoms with E-state index < -0.39 is 0 Å². The van der Waals surface area contributed by atoms with Crippen LogP contribution >= 0.6 is 0 Å². The molecule has 1 N–H and O–H groups in total. The summed E-state index contributed by atoms with van der Waals surface area (Å²) in [5.74, 6) is 1.41. The Morgan fingerprint density at radius 1 is 1.17 bits per heavy atom. The maximum absolute atomic E-state index is 4.09. The molecule has 1 heterocycles. The Kier molecular flexibility index (Phi) is 3.47. The summed E-state index contributed by atoms with van der Waals surface area (Å²) in [6, 6.07) is 0. The van der Waals surface area contributed by atoms with Gasteiger partial charge in [-0.2, -0.15) is 0 Å². The zero-order valence-corrected chi connectivity index (χ0v) is 14.6. The van der Waals surface area contributed by atoms with E-state index in [1.807, 2.05) is 0 Å². The topological polar surface area (TPSA) is 50.7 Å². The first-order valence-corrected chi connectivity index (χ1v) is 8.75. The number of anilines is 1. The van der Waals surface area contributed by atoms with Crippen molar-refractivity contribution in [1.29, 1.82) is 0 Å². The molecule has 4 nitrogen and oxygen atoms in total. The molecule has 24 heavy (non-hydrogen) atoms. The van der Waals surface area contributed by atoms with Gasteiger partial charge < -0.3 is 5.32 Å². The van der Waals surface area contributed by atoms with Crippen LogP contribution in [-0.2, 0) is 0 Å². The molecular formula is C20H24N4. The lowest BCUT2D eigenvalue weighted by Crippen LogP contribution is -2.27. The summed E-state index contributed by atoms with van der Waals surface area (Å²) in [5, 5.41) is 3.21. The second-order valence-corrected chi connectivity index (χ2v) is 7.91. The maximum atomic E-state index is 4.09. The fourth-order valence-corrected chi connectivity index (χ4v) is 4.51. The highest BCUT2D eigenvalue weighted by Gasteiger charge is 2.58. The lowest BCUT2D eigenvalue weighted by Gasteiger charge is -2.34. The van der Waals surface area contributed by atoms with Crippen molar-refractivity contribution in [1.82, 2.24) is 15.0 Å². The molecule has 2 atom stereocenters. The van der Waals surface area contributed by atoms with E-state index in [9.17, 15) is 0 Å². The van der Waals surface area contributed by atoms with Crippen molar-refractivity contribution in [3.8, 4) is 0 Å². The second kappa shape index (κ2) is 5.42. The predicted octanol–water partition coefficient (Wildman–Crippen LogP) is 4.43. The Morgan fingerprint density at radius 3 is 2.54 bits per heavy atom. The van der Waals surface area contributed by atoms with E-state index in [-0.39, 0.29) is 0 Å². The van der Waals surface area contributed by atoms with Crippen LogP contribution < -0.4 is 5.32 Å². The summed E-state index contributed by atoms with van der Waals surface area (Å²) in [4.78, 5) is 12.0. The van der Waals surface area contributed by atoms with Crippen LogP contribution in [-0.4, -0.2) is 15.0 Å². The molecule has 2 saturated carbocycles. The van der Waals surface area contributed by atoms with Crippen LogP contribution in [0.2, 0.25) is 0 Å². The van der Waals surface area contributed by atoms with Gasteiger partial charge in [-0.25, -0.2) is 15.0 Å². The van der Waals surface area contributed by atoms with Crippen LogP contribution in [0.3, 0.4) is 0 Å². The minimum Gasteiger partial charge on any atom is -0.324 e. The van der Waals surface area contributed by atoms with Gasteiger partial charge in [0, 0.05) is 11.1 Å². The van der Waals surface area contributed by atoms with Gasteiger partial charge in [-0.1, -0.05) is 26.8 Å². The standard InChI is InChI=1S/C20H24N4/c1-19(2)15-8-9-20(19,3)16(11-15)10-14-4-6-17(7-5-14)24-18-22-12-21-13-23-18/h4,6-7,12-13,15H,5,8-9,11H2,1-3H3,(H,21,22,23,24). The molecule has 2 unspecified atom stereocenters. The number of hydrogen-bond donors (Lipinski definition) is 1. The number of hydrogen-bond acceptors (Lipinski definition) is 4. The molecule has 1 aromatic rings. The first-order valence-electron chi connectivity index (χ1n) is 8.75. The number of allylic oxidation sites excluding steroid dienone is 4. The number of fused-ring (bicyclic) bond motifs is 2. The van der Waals surface area contributed by atoms with E-state index in [4.69, 9.17) is 0 Å². The van der Waals surface area contributed by atoms with Gasteiger partial charge in [0.25, 0.3) is 0 Å². The van der Waals surface area contributed by atoms with Crippen LogP contribution in [0, 0.1) is 16.7 Å². The van der Waals surface area contributed by atoms with Crippen LogP contribution in [0.1, 0.15) is 46.5 Å². The highest BCUT2D eigenvalue weighted by atomic mass is 15.1. The Labute approximate surface area is 143 Å². The Hall–Kier alpha value is -2.19. The summed E-state index contributed by atoms with van der Waals surface area (Å²) in [5.41, 5.74) is 8.33. The fraction of sp³-hybridized carbons (Fsp3) is 0.500. The van der Waals surface area contributed by atoms with E-state index in [2.05, 4.69) is 65.0 Å². The molecular weight excluding hydrogens is 296 g/mol. The van der Waals surface area contributed by atoms with Gasteiger partial charge in [0.1, 0.15) is 12.7 Å². The summed E-state index contributed by atoms with van der Waals surface area (Å²) < 4.78 is 0. The van der Waals surface area contributed by atoms with Crippen molar-refractivity contribution in [2.45, 2.75) is 46.5 Å². The number of nitrogens with zero attached hydrogens (tertiary/aromatic N) is 3. The van der Waals surface area contributed by atoms with Gasteiger partial charge in [0.2, 0.25) is 5.95 Å². The molecule has 124 valence electrons. The minimum atomic E-state index is 0.325. The zero-order valence-electron chi connectivity index (χ0n) is 14.6. The second-order valence-electron chi connectivity index (χ2n) is 7.91. The molecule has 0 aliphatic heterocycles. The van der Waals surface area contributed by atoms with Crippen molar-refractivity contribution < 1.29 is 0 Å². The average molecular weight is 320 g/mol. The van der Waals surface area contributed by atoms with Crippen molar-refractivity contribution in [3.05, 3.63) is 53.5 Å². The Bertz CT molecular complexity index is 781. The van der Waals surface area contributed by atoms with Crippen LogP contribution in [0.5, 0.6) is 0 Å². The molecule has 0 amide bonds. The summed E-state index contributed by atoms with van der Waals surface area (Å²) in [7, 11) is 0. The molecule has 0 spiro atoms. The van der Waals surface area contributed by atoms with E-state index in [1.165, 1.54) is 43.1 Å². The largest absolute Gasteiger partial charge is 0.324 e. The van der Waals surface area contributed by atoms with Crippen LogP contribution in [0.15, 0.2) is 53.5 Å². The molecule has 3 aliphatic rings. The third-order valence-corrected chi connectivity index (χ3v) is 6.62. The van der Waals surface area contributed by atoms with Crippen LogP contribution in [0.4, 0.5) is 5.95 Å².